The summed E-state index contributed by atoms with van der Waals surface area (Å²) in [6.45, 7) is 21.6. The molecule has 2 heterocycles. The molecule has 0 radical (unpaired) electrons. The zero-order valence-corrected chi connectivity index (χ0v) is 27.3. The van der Waals surface area contributed by atoms with Crippen molar-refractivity contribution in [1.82, 2.24) is 21.3 Å². The van der Waals surface area contributed by atoms with Gasteiger partial charge in [-0.15, -0.1) is 0 Å². The van der Waals surface area contributed by atoms with Gasteiger partial charge in [-0.1, -0.05) is 79.1 Å². The maximum absolute atomic E-state index is 4.14. The monoisotopic (exact) mass is 535 g/mol. The summed E-state index contributed by atoms with van der Waals surface area (Å²) in [7, 11) is 0. The van der Waals surface area contributed by atoms with E-state index in [0.717, 1.165) is 13.1 Å². The molecule has 4 heteroatoms. The fraction of sp³-hybridized carbons (Fsp3) is 1.00. The van der Waals surface area contributed by atoms with Crippen LogP contribution in [0, 0.1) is 0 Å². The first-order chi connectivity index (χ1) is 18.0. The minimum atomic E-state index is 0.278. The number of nitrogens with one attached hydrogen (secondary N) is 4. The van der Waals surface area contributed by atoms with Crippen LogP contribution >= 0.6 is 0 Å². The van der Waals surface area contributed by atoms with Crippen molar-refractivity contribution in [3.05, 3.63) is 0 Å². The summed E-state index contributed by atoms with van der Waals surface area (Å²) in [4.78, 5) is 0. The lowest BCUT2D eigenvalue weighted by atomic mass is 9.73. The minimum absolute atomic E-state index is 0.278. The topological polar surface area (TPSA) is 48.1 Å². The highest BCUT2D eigenvalue weighted by Gasteiger charge is 2.43. The van der Waals surface area contributed by atoms with Crippen LogP contribution in [0.1, 0.15) is 171 Å². The van der Waals surface area contributed by atoms with Crippen molar-refractivity contribution in [2.45, 2.75) is 205 Å². The third-order valence-corrected chi connectivity index (χ3v) is 9.79. The highest BCUT2D eigenvalue weighted by Crippen LogP contribution is 2.36. The van der Waals surface area contributed by atoms with Crippen molar-refractivity contribution in [1.29, 1.82) is 0 Å². The zero-order valence-electron chi connectivity index (χ0n) is 27.3. The van der Waals surface area contributed by atoms with Gasteiger partial charge in [-0.25, -0.2) is 0 Å². The molecule has 4 atom stereocenters. The molecule has 0 aromatic heterocycles. The van der Waals surface area contributed by atoms with Gasteiger partial charge in [0.15, 0.2) is 0 Å². The van der Waals surface area contributed by atoms with E-state index < -0.39 is 0 Å². The Morgan fingerprint density at radius 1 is 0.474 bits per heavy atom. The van der Waals surface area contributed by atoms with Gasteiger partial charge in [0.05, 0.1) is 0 Å². The van der Waals surface area contributed by atoms with Gasteiger partial charge < -0.3 is 21.3 Å². The van der Waals surface area contributed by atoms with E-state index in [2.05, 4.69) is 76.7 Å². The number of piperidine rings is 2. The van der Waals surface area contributed by atoms with Crippen molar-refractivity contribution < 1.29 is 0 Å². The quantitative estimate of drug-likeness (QED) is 0.126. The first kappa shape index (κ1) is 34.0. The van der Waals surface area contributed by atoms with Gasteiger partial charge >= 0.3 is 0 Å². The second-order valence-corrected chi connectivity index (χ2v) is 14.7. The molecule has 0 amide bonds. The van der Waals surface area contributed by atoms with Crippen LogP contribution in [0.15, 0.2) is 0 Å². The highest BCUT2D eigenvalue weighted by atomic mass is 15.1. The molecule has 2 rings (SSSR count). The van der Waals surface area contributed by atoms with Gasteiger partial charge in [-0.3, -0.25) is 0 Å². The van der Waals surface area contributed by atoms with Crippen LogP contribution in [0.2, 0.25) is 0 Å². The molecule has 38 heavy (non-hydrogen) atoms. The van der Waals surface area contributed by atoms with E-state index in [1.807, 2.05) is 0 Å². The van der Waals surface area contributed by atoms with E-state index >= 15 is 0 Å². The summed E-state index contributed by atoms with van der Waals surface area (Å²) >= 11 is 0. The molecule has 4 nitrogen and oxygen atoms in total. The summed E-state index contributed by atoms with van der Waals surface area (Å²) in [5.41, 5.74) is 1.11. The average molecular weight is 535 g/mol. The molecule has 0 bridgehead atoms. The summed E-state index contributed by atoms with van der Waals surface area (Å²) in [6.07, 6.45) is 23.4. The molecule has 4 N–H and O–H groups in total. The van der Waals surface area contributed by atoms with Crippen LogP contribution in [-0.4, -0.2) is 47.3 Å². The Labute approximate surface area is 239 Å². The third kappa shape index (κ3) is 11.8. The minimum Gasteiger partial charge on any atom is -0.314 e. The first-order valence-electron chi connectivity index (χ1n) is 17.1. The second kappa shape index (κ2) is 16.3. The summed E-state index contributed by atoms with van der Waals surface area (Å²) in [5, 5.41) is 16.3. The zero-order chi connectivity index (χ0) is 28.1. The predicted molar refractivity (Wildman–Crippen MR) is 169 cm³/mol. The van der Waals surface area contributed by atoms with Crippen LogP contribution in [0.5, 0.6) is 0 Å². The smallest absolute Gasteiger partial charge is 0.0173 e. The first-order valence-corrected chi connectivity index (χ1v) is 17.1. The van der Waals surface area contributed by atoms with E-state index in [0.29, 0.717) is 12.1 Å². The van der Waals surface area contributed by atoms with Crippen molar-refractivity contribution in [3.8, 4) is 0 Å². The Morgan fingerprint density at radius 3 is 0.974 bits per heavy atom. The third-order valence-electron chi connectivity index (χ3n) is 9.79. The van der Waals surface area contributed by atoms with Crippen molar-refractivity contribution >= 4 is 0 Å². The van der Waals surface area contributed by atoms with E-state index in [1.54, 1.807) is 0 Å². The Morgan fingerprint density at radius 2 is 0.737 bits per heavy atom. The Bertz CT molecular complexity index is 542. The largest absolute Gasteiger partial charge is 0.314 e. The molecule has 0 spiro atoms. The highest BCUT2D eigenvalue weighted by molar-refractivity contribution is 5.04. The van der Waals surface area contributed by atoms with Gasteiger partial charge in [-0.05, 0) is 105 Å². The van der Waals surface area contributed by atoms with Gasteiger partial charge in [0.2, 0.25) is 0 Å². The van der Waals surface area contributed by atoms with Crippen LogP contribution in [0.3, 0.4) is 0 Å². The fourth-order valence-electron chi connectivity index (χ4n) is 8.06. The number of rotatable bonds is 19. The predicted octanol–water partition coefficient (Wildman–Crippen LogP) is 8.25. The van der Waals surface area contributed by atoms with Crippen LogP contribution in [-0.2, 0) is 0 Å². The molecular weight excluding hydrogens is 464 g/mol. The Hall–Kier alpha value is -0.160. The Kier molecular flexibility index (Phi) is 14.6. The summed E-state index contributed by atoms with van der Waals surface area (Å²) in [5.74, 6) is 0. The SMILES string of the molecule is CCCCC1(C)CC(NCCCCNC2CC(C)(CCCC)NC(C)(CCCC)C2)CC(C)(CCCC)N1. The fourth-order valence-corrected chi connectivity index (χ4v) is 8.06. The van der Waals surface area contributed by atoms with Crippen LogP contribution in [0.25, 0.3) is 0 Å². The molecule has 226 valence electrons. The lowest BCUT2D eigenvalue weighted by Gasteiger charge is -2.50. The van der Waals surface area contributed by atoms with Gasteiger partial charge in [-0.2, -0.15) is 0 Å². The molecule has 0 saturated carbocycles. The molecule has 0 aromatic carbocycles. The lowest BCUT2D eigenvalue weighted by molar-refractivity contribution is 0.102. The summed E-state index contributed by atoms with van der Waals surface area (Å²) < 4.78 is 0. The maximum Gasteiger partial charge on any atom is 0.0173 e. The van der Waals surface area contributed by atoms with E-state index in [1.165, 1.54) is 116 Å². The normalized spacial score (nSPS) is 36.0. The standard InChI is InChI=1S/C34H70N4/c1-9-13-19-31(5)25-29(26-32(6,37-31)20-14-10-2)35-23-17-18-24-36-30-27-33(7,21-15-11-3)38-34(8,28-30)22-16-12-4/h29-30,35-38H,9-28H2,1-8H3. The lowest BCUT2D eigenvalue weighted by Crippen LogP contribution is -2.64. The van der Waals surface area contributed by atoms with Crippen LogP contribution < -0.4 is 21.3 Å². The summed E-state index contributed by atoms with van der Waals surface area (Å²) in [6, 6.07) is 1.30. The number of hydrogen-bond acceptors (Lipinski definition) is 4. The van der Waals surface area contributed by atoms with Crippen molar-refractivity contribution in [2.24, 2.45) is 0 Å². The van der Waals surface area contributed by atoms with Gasteiger partial charge in [0.25, 0.3) is 0 Å². The van der Waals surface area contributed by atoms with E-state index in [-0.39, 0.29) is 22.2 Å². The molecule has 0 aliphatic carbocycles. The second-order valence-electron chi connectivity index (χ2n) is 14.7. The molecular formula is C34H70N4. The number of unbranched alkanes of at least 4 members (excludes halogenated alkanes) is 5. The maximum atomic E-state index is 4.14. The van der Waals surface area contributed by atoms with E-state index in [4.69, 9.17) is 0 Å². The molecule has 2 aliphatic heterocycles. The van der Waals surface area contributed by atoms with Crippen LogP contribution in [0.4, 0.5) is 0 Å². The average Bonchev–Trinajstić information content (AvgIpc) is 2.85. The molecule has 2 saturated heterocycles. The van der Waals surface area contributed by atoms with E-state index in [9.17, 15) is 0 Å². The van der Waals surface area contributed by atoms with Crippen molar-refractivity contribution in [3.63, 3.8) is 0 Å². The van der Waals surface area contributed by atoms with Gasteiger partial charge in [0.1, 0.15) is 0 Å². The molecule has 2 aliphatic rings. The molecule has 4 unspecified atom stereocenters. The Balaban J connectivity index is 1.81. The number of hydrogen-bond donors (Lipinski definition) is 4. The molecule has 0 aromatic rings. The van der Waals surface area contributed by atoms with Crippen molar-refractivity contribution in [2.75, 3.05) is 13.1 Å². The molecule has 2 fully saturated rings. The van der Waals surface area contributed by atoms with Gasteiger partial charge in [0, 0.05) is 34.2 Å².